The van der Waals surface area contributed by atoms with Crippen molar-refractivity contribution < 1.29 is 27.9 Å². The molecule has 0 amide bonds. The van der Waals surface area contributed by atoms with Crippen LogP contribution in [0.5, 0.6) is 0 Å². The molecule has 2 saturated carbocycles. The zero-order chi connectivity index (χ0) is 26.3. The highest BCUT2D eigenvalue weighted by Gasteiger charge is 2.29. The van der Waals surface area contributed by atoms with Crippen LogP contribution in [0, 0.1) is 11.8 Å². The van der Waals surface area contributed by atoms with Gasteiger partial charge in [-0.2, -0.15) is 4.98 Å². The van der Waals surface area contributed by atoms with E-state index in [1.807, 2.05) is 0 Å². The van der Waals surface area contributed by atoms with Gasteiger partial charge in [0.25, 0.3) is 5.56 Å². The second kappa shape index (κ2) is 13.4. The van der Waals surface area contributed by atoms with Crippen LogP contribution >= 0.6 is 31.1 Å². The molecule has 0 spiro atoms. The van der Waals surface area contributed by atoms with Gasteiger partial charge in [0.05, 0.1) is 26.1 Å². The first-order valence-electron chi connectivity index (χ1n) is 12.3. The molecule has 204 valence electrons. The maximum absolute atomic E-state index is 13.3. The Morgan fingerprint density at radius 3 is 2.19 bits per heavy atom. The van der Waals surface area contributed by atoms with E-state index in [-0.39, 0.29) is 66.2 Å². The van der Waals surface area contributed by atoms with E-state index >= 15 is 0 Å². The van der Waals surface area contributed by atoms with E-state index in [1.54, 1.807) is 4.57 Å². The molecule has 0 radical (unpaired) electrons. The fourth-order valence-corrected chi connectivity index (χ4v) is 6.99. The summed E-state index contributed by atoms with van der Waals surface area (Å²) in [6.07, 6.45) is 7.06. The van der Waals surface area contributed by atoms with Crippen molar-refractivity contribution in [1.82, 2.24) is 19.5 Å². The summed E-state index contributed by atoms with van der Waals surface area (Å²) in [5.41, 5.74) is 5.67. The van der Waals surface area contributed by atoms with Crippen LogP contribution in [0.25, 0.3) is 11.2 Å². The Kier molecular flexibility index (Phi) is 10.2. The number of ether oxygens (including phenoxy) is 1. The van der Waals surface area contributed by atoms with Gasteiger partial charge in [-0.15, -0.1) is 0 Å². The van der Waals surface area contributed by atoms with Crippen LogP contribution in [0.1, 0.15) is 38.5 Å². The third-order valence-electron chi connectivity index (χ3n) is 6.33. The molecule has 2 aromatic rings. The Morgan fingerprint density at radius 2 is 1.65 bits per heavy atom. The van der Waals surface area contributed by atoms with E-state index in [0.29, 0.717) is 17.2 Å². The third-order valence-corrected chi connectivity index (χ3v) is 9.96. The van der Waals surface area contributed by atoms with E-state index in [4.69, 9.17) is 19.5 Å². The molecule has 2 heterocycles. The van der Waals surface area contributed by atoms with Crippen LogP contribution in [0.2, 0.25) is 0 Å². The molecular weight excluding hydrogens is 541 g/mol. The Hall–Kier alpha value is -1.70. The molecule has 15 heteroatoms. The monoisotopic (exact) mass is 573 g/mol. The summed E-state index contributed by atoms with van der Waals surface area (Å²) in [6.45, 7) is 0.566. The van der Waals surface area contributed by atoms with E-state index in [1.165, 1.54) is 29.9 Å². The number of H-pyrrole nitrogens is 1. The SMILES string of the molecule is Nc1nc2c(ncn2CCOCP(=O)(OCCSC(=O)C2CCC2)OCCSC(=O)C2CCC2)c(=O)[nH]1. The van der Waals surface area contributed by atoms with Crippen LogP contribution in [0.3, 0.4) is 0 Å². The smallest absolute Gasteiger partial charge is 0.356 e. The summed E-state index contributed by atoms with van der Waals surface area (Å²) in [5, 5.41) is 0.293. The Morgan fingerprint density at radius 1 is 1.05 bits per heavy atom. The summed E-state index contributed by atoms with van der Waals surface area (Å²) in [5.74, 6) is 0.983. The summed E-state index contributed by atoms with van der Waals surface area (Å²) in [7, 11) is -3.63. The van der Waals surface area contributed by atoms with Crippen LogP contribution in [0.4, 0.5) is 5.95 Å². The van der Waals surface area contributed by atoms with Crippen molar-refractivity contribution >= 4 is 58.5 Å². The molecule has 0 saturated heterocycles. The van der Waals surface area contributed by atoms with Gasteiger partial charge in [-0.3, -0.25) is 23.9 Å². The highest BCUT2D eigenvalue weighted by atomic mass is 32.2. The number of anilines is 1. The van der Waals surface area contributed by atoms with Gasteiger partial charge in [-0.1, -0.05) is 36.4 Å². The Bertz CT molecular complexity index is 1160. The fraction of sp³-hybridized carbons (Fsp3) is 0.682. The van der Waals surface area contributed by atoms with Gasteiger partial charge in [0.15, 0.2) is 21.4 Å². The van der Waals surface area contributed by atoms with E-state index in [9.17, 15) is 18.9 Å². The summed E-state index contributed by atoms with van der Waals surface area (Å²) >= 11 is 2.38. The number of aromatic amines is 1. The van der Waals surface area contributed by atoms with Crippen molar-refractivity contribution in [1.29, 1.82) is 0 Å². The third kappa shape index (κ3) is 7.90. The molecule has 2 fully saturated rings. The normalized spacial score (nSPS) is 16.5. The number of nitrogen functional groups attached to an aromatic ring is 1. The quantitative estimate of drug-likeness (QED) is 0.236. The predicted molar refractivity (Wildman–Crippen MR) is 143 cm³/mol. The highest BCUT2D eigenvalue weighted by Crippen LogP contribution is 2.48. The topological polar surface area (TPSA) is 168 Å². The minimum absolute atomic E-state index is 0.0196. The molecule has 4 rings (SSSR count). The lowest BCUT2D eigenvalue weighted by Crippen LogP contribution is -2.20. The number of carbonyl (C=O) groups is 2. The highest BCUT2D eigenvalue weighted by molar-refractivity contribution is 8.13. The lowest BCUT2D eigenvalue weighted by molar-refractivity contribution is -0.117. The van der Waals surface area contributed by atoms with Gasteiger partial charge in [-0.25, -0.2) is 4.98 Å². The molecule has 0 bridgehead atoms. The van der Waals surface area contributed by atoms with Crippen molar-refractivity contribution in [2.45, 2.75) is 45.1 Å². The minimum Gasteiger partial charge on any atom is -0.369 e. The number of thioether (sulfide) groups is 2. The summed E-state index contributed by atoms with van der Waals surface area (Å²) in [4.78, 5) is 46.6. The molecule has 37 heavy (non-hydrogen) atoms. The lowest BCUT2D eigenvalue weighted by atomic mass is 9.87. The lowest BCUT2D eigenvalue weighted by Gasteiger charge is -2.23. The van der Waals surface area contributed by atoms with Gasteiger partial charge in [-0.05, 0) is 25.7 Å². The fourth-order valence-electron chi connectivity index (χ4n) is 3.75. The van der Waals surface area contributed by atoms with Gasteiger partial charge >= 0.3 is 7.60 Å². The second-order valence-electron chi connectivity index (χ2n) is 8.97. The van der Waals surface area contributed by atoms with Crippen molar-refractivity contribution in [3.63, 3.8) is 0 Å². The molecule has 0 aromatic carbocycles. The number of nitrogens with one attached hydrogen (secondary N) is 1. The van der Waals surface area contributed by atoms with Crippen LogP contribution in [0.15, 0.2) is 11.1 Å². The van der Waals surface area contributed by atoms with Crippen molar-refractivity contribution in [3.8, 4) is 0 Å². The van der Waals surface area contributed by atoms with Crippen molar-refractivity contribution in [2.75, 3.05) is 43.4 Å². The van der Waals surface area contributed by atoms with Gasteiger partial charge in [0.2, 0.25) is 5.95 Å². The van der Waals surface area contributed by atoms with Gasteiger partial charge in [0, 0.05) is 29.9 Å². The summed E-state index contributed by atoms with van der Waals surface area (Å²) in [6, 6.07) is 0. The second-order valence-corrected chi connectivity index (χ2v) is 13.2. The van der Waals surface area contributed by atoms with Crippen LogP contribution < -0.4 is 11.3 Å². The zero-order valence-electron chi connectivity index (χ0n) is 20.5. The largest absolute Gasteiger partial charge is 0.369 e. The van der Waals surface area contributed by atoms with E-state index in [2.05, 4.69) is 15.0 Å². The molecule has 0 atom stereocenters. The van der Waals surface area contributed by atoms with E-state index in [0.717, 1.165) is 38.5 Å². The number of hydrogen-bond acceptors (Lipinski definition) is 12. The molecule has 0 unspecified atom stereocenters. The maximum atomic E-state index is 13.3. The van der Waals surface area contributed by atoms with Crippen LogP contribution in [-0.4, -0.2) is 67.4 Å². The van der Waals surface area contributed by atoms with Gasteiger partial charge in [0.1, 0.15) is 6.35 Å². The number of aromatic nitrogens is 4. The number of fused-ring (bicyclic) bond motifs is 1. The van der Waals surface area contributed by atoms with Crippen LogP contribution in [-0.2, 0) is 34.5 Å². The van der Waals surface area contributed by atoms with Crippen molar-refractivity contribution in [3.05, 3.63) is 16.7 Å². The number of carbonyl (C=O) groups excluding carboxylic acids is 2. The molecule has 3 N–H and O–H groups in total. The Labute approximate surface area is 222 Å². The zero-order valence-corrected chi connectivity index (χ0v) is 23.0. The molecule has 2 aliphatic rings. The Balaban J connectivity index is 1.24. The number of imidazole rings is 1. The molecule has 12 nitrogen and oxygen atoms in total. The van der Waals surface area contributed by atoms with E-state index < -0.39 is 13.2 Å². The molecule has 0 aliphatic heterocycles. The number of rotatable bonds is 15. The predicted octanol–water partition coefficient (Wildman–Crippen LogP) is 3.02. The number of nitrogens with zero attached hydrogens (tertiary/aromatic N) is 3. The van der Waals surface area contributed by atoms with Gasteiger partial charge < -0.3 is 24.1 Å². The molecule has 2 aromatic heterocycles. The first-order chi connectivity index (χ1) is 17.8. The number of hydrogen-bond donors (Lipinski definition) is 2. The molecule has 2 aliphatic carbocycles. The molecular formula is C22H32N5O7PS2. The average molecular weight is 574 g/mol. The summed E-state index contributed by atoms with van der Waals surface area (Å²) < 4.78 is 31.7. The average Bonchev–Trinajstić information content (AvgIpc) is 3.18. The van der Waals surface area contributed by atoms with Crippen molar-refractivity contribution in [2.24, 2.45) is 11.8 Å². The minimum atomic E-state index is -3.63. The first-order valence-corrected chi connectivity index (χ1v) is 16.0. The first kappa shape index (κ1) is 28.3. The number of nitrogens with two attached hydrogens (primary N) is 1. The standard InChI is InChI=1S/C22H32N5O7PS2/c23-22-25-18-17(19(28)26-22)24-13-27(18)7-8-32-14-35(31,33-9-11-36-20(29)15-3-1-4-15)34-10-12-37-21(30)16-5-2-6-16/h13,15-16H,1-12,14H2,(H3,23,25,26,28). The maximum Gasteiger partial charge on any atom is 0.356 e.